The van der Waals surface area contributed by atoms with Crippen LogP contribution in [-0.4, -0.2) is 29.6 Å². The SMILES string of the molecule is N#CCCN(CCC#N)C(=O)CSc1ccccc1Br. The van der Waals surface area contributed by atoms with Gasteiger partial charge in [0.2, 0.25) is 5.91 Å². The molecule has 1 aromatic carbocycles. The van der Waals surface area contributed by atoms with Gasteiger partial charge in [-0.15, -0.1) is 11.8 Å². The highest BCUT2D eigenvalue weighted by Gasteiger charge is 2.13. The summed E-state index contributed by atoms with van der Waals surface area (Å²) in [6.07, 6.45) is 0.577. The number of nitriles is 2. The number of rotatable bonds is 7. The van der Waals surface area contributed by atoms with E-state index in [0.29, 0.717) is 18.8 Å². The van der Waals surface area contributed by atoms with Crippen molar-refractivity contribution in [1.82, 2.24) is 4.90 Å². The second-order valence-electron chi connectivity index (χ2n) is 3.92. The number of carbonyl (C=O) groups is 1. The van der Waals surface area contributed by atoms with Gasteiger partial charge in [-0.05, 0) is 28.1 Å². The minimum Gasteiger partial charge on any atom is -0.340 e. The third-order valence-corrected chi connectivity index (χ3v) is 4.54. The molecule has 1 amide bonds. The lowest BCUT2D eigenvalue weighted by Gasteiger charge is -2.20. The van der Waals surface area contributed by atoms with E-state index in [1.165, 1.54) is 11.8 Å². The van der Waals surface area contributed by atoms with Crippen molar-refractivity contribution >= 4 is 33.6 Å². The summed E-state index contributed by atoms with van der Waals surface area (Å²) in [5.41, 5.74) is 0. The molecule has 0 aromatic heterocycles. The fourth-order valence-corrected chi connectivity index (χ4v) is 2.99. The molecule has 1 rings (SSSR count). The highest BCUT2D eigenvalue weighted by Crippen LogP contribution is 2.27. The average Bonchev–Trinajstić information content (AvgIpc) is 2.46. The Hall–Kier alpha value is -1.50. The molecule has 1 aromatic rings. The van der Waals surface area contributed by atoms with Crippen molar-refractivity contribution < 1.29 is 4.79 Å². The summed E-state index contributed by atoms with van der Waals surface area (Å²) < 4.78 is 0.957. The topological polar surface area (TPSA) is 67.9 Å². The van der Waals surface area contributed by atoms with E-state index in [9.17, 15) is 4.79 Å². The number of benzene rings is 1. The maximum atomic E-state index is 12.1. The van der Waals surface area contributed by atoms with E-state index in [0.717, 1.165) is 9.37 Å². The van der Waals surface area contributed by atoms with Gasteiger partial charge in [0, 0.05) is 22.5 Å². The molecular formula is C14H14BrN3OS. The van der Waals surface area contributed by atoms with Crippen molar-refractivity contribution in [2.75, 3.05) is 18.8 Å². The molecule has 0 saturated heterocycles. The maximum Gasteiger partial charge on any atom is 0.232 e. The Labute approximate surface area is 131 Å². The van der Waals surface area contributed by atoms with Crippen LogP contribution in [-0.2, 0) is 4.79 Å². The van der Waals surface area contributed by atoms with Crippen molar-refractivity contribution in [1.29, 1.82) is 10.5 Å². The Morgan fingerprint density at radius 2 is 1.80 bits per heavy atom. The van der Waals surface area contributed by atoms with Crippen LogP contribution in [0.3, 0.4) is 0 Å². The number of amides is 1. The Balaban J connectivity index is 2.55. The molecule has 0 radical (unpaired) electrons. The predicted molar refractivity (Wildman–Crippen MR) is 81.9 cm³/mol. The zero-order valence-electron chi connectivity index (χ0n) is 10.9. The molecule has 0 heterocycles. The van der Waals surface area contributed by atoms with Gasteiger partial charge in [0.15, 0.2) is 0 Å². The third kappa shape index (κ3) is 5.64. The van der Waals surface area contributed by atoms with Crippen LogP contribution in [0.15, 0.2) is 33.6 Å². The Morgan fingerprint density at radius 1 is 1.20 bits per heavy atom. The van der Waals surface area contributed by atoms with Crippen LogP contribution < -0.4 is 0 Å². The van der Waals surface area contributed by atoms with Gasteiger partial charge in [0.1, 0.15) is 0 Å². The molecule has 104 valence electrons. The number of carbonyl (C=O) groups excluding carboxylic acids is 1. The first-order valence-corrected chi connectivity index (χ1v) is 7.86. The molecule has 0 fully saturated rings. The van der Waals surface area contributed by atoms with E-state index < -0.39 is 0 Å². The van der Waals surface area contributed by atoms with Gasteiger partial charge in [0.05, 0.1) is 30.7 Å². The molecule has 0 unspecified atom stereocenters. The molecule has 0 spiro atoms. The lowest BCUT2D eigenvalue weighted by atomic mass is 10.3. The molecule has 0 atom stereocenters. The van der Waals surface area contributed by atoms with Crippen LogP contribution in [0.1, 0.15) is 12.8 Å². The van der Waals surface area contributed by atoms with E-state index in [2.05, 4.69) is 15.9 Å². The molecular weight excluding hydrogens is 338 g/mol. The smallest absolute Gasteiger partial charge is 0.232 e. The molecule has 0 aliphatic carbocycles. The Kier molecular flexibility index (Phi) is 7.79. The molecule has 6 heteroatoms. The zero-order chi connectivity index (χ0) is 14.8. The van der Waals surface area contributed by atoms with Gasteiger partial charge in [-0.2, -0.15) is 10.5 Å². The third-order valence-electron chi connectivity index (χ3n) is 2.53. The number of hydrogen-bond donors (Lipinski definition) is 0. The van der Waals surface area contributed by atoms with Crippen molar-refractivity contribution in [3.63, 3.8) is 0 Å². The lowest BCUT2D eigenvalue weighted by molar-refractivity contribution is -0.128. The first-order valence-electron chi connectivity index (χ1n) is 6.08. The van der Waals surface area contributed by atoms with Crippen LogP contribution in [0.4, 0.5) is 0 Å². The number of thioether (sulfide) groups is 1. The lowest BCUT2D eigenvalue weighted by Crippen LogP contribution is -2.34. The summed E-state index contributed by atoms with van der Waals surface area (Å²) >= 11 is 4.88. The normalized spacial score (nSPS) is 9.55. The summed E-state index contributed by atoms with van der Waals surface area (Å²) in [6.45, 7) is 0.765. The van der Waals surface area contributed by atoms with Crippen molar-refractivity contribution in [3.05, 3.63) is 28.7 Å². The second-order valence-corrected chi connectivity index (χ2v) is 5.79. The molecule has 4 nitrogen and oxygen atoms in total. The fraction of sp³-hybridized carbons (Fsp3) is 0.357. The van der Waals surface area contributed by atoms with Gasteiger partial charge < -0.3 is 4.90 Å². The van der Waals surface area contributed by atoms with Crippen molar-refractivity contribution in [2.24, 2.45) is 0 Å². The second kappa shape index (κ2) is 9.41. The van der Waals surface area contributed by atoms with E-state index in [1.807, 2.05) is 36.4 Å². The van der Waals surface area contributed by atoms with Gasteiger partial charge in [0.25, 0.3) is 0 Å². The Bertz CT molecular complexity index is 518. The summed E-state index contributed by atoms with van der Waals surface area (Å²) in [5.74, 6) is 0.260. The number of halogens is 1. The van der Waals surface area contributed by atoms with E-state index >= 15 is 0 Å². The first kappa shape index (κ1) is 16.6. The first-order chi connectivity index (χ1) is 9.69. The van der Waals surface area contributed by atoms with Crippen molar-refractivity contribution in [3.8, 4) is 12.1 Å². The summed E-state index contributed by atoms with van der Waals surface area (Å²) in [4.78, 5) is 14.7. The van der Waals surface area contributed by atoms with Gasteiger partial charge >= 0.3 is 0 Å². The van der Waals surface area contributed by atoms with Gasteiger partial charge in [-0.3, -0.25) is 4.79 Å². The highest BCUT2D eigenvalue weighted by atomic mass is 79.9. The molecule has 0 aliphatic rings. The van der Waals surface area contributed by atoms with Crippen LogP contribution in [0, 0.1) is 22.7 Å². The summed E-state index contributed by atoms with van der Waals surface area (Å²) in [5, 5.41) is 17.2. The van der Waals surface area contributed by atoms with Crippen LogP contribution >= 0.6 is 27.7 Å². The number of nitrogens with zero attached hydrogens (tertiary/aromatic N) is 3. The largest absolute Gasteiger partial charge is 0.340 e. The minimum atomic E-state index is -0.0451. The zero-order valence-corrected chi connectivity index (χ0v) is 13.3. The van der Waals surface area contributed by atoms with Crippen LogP contribution in [0.5, 0.6) is 0 Å². The van der Waals surface area contributed by atoms with Crippen LogP contribution in [0.2, 0.25) is 0 Å². The monoisotopic (exact) mass is 351 g/mol. The Morgan fingerprint density at radius 3 is 2.35 bits per heavy atom. The van der Waals surface area contributed by atoms with E-state index in [1.54, 1.807) is 4.90 Å². The standard InChI is InChI=1S/C14H14BrN3OS/c15-12-5-1-2-6-13(12)20-11-14(19)18(9-3-7-16)10-4-8-17/h1-2,5-6H,3-4,9-11H2. The summed E-state index contributed by atoms with van der Waals surface area (Å²) in [7, 11) is 0. The summed E-state index contributed by atoms with van der Waals surface area (Å²) in [6, 6.07) is 11.7. The molecule has 0 aliphatic heterocycles. The highest BCUT2D eigenvalue weighted by molar-refractivity contribution is 9.10. The fourth-order valence-electron chi connectivity index (χ4n) is 1.52. The molecule has 0 N–H and O–H groups in total. The average molecular weight is 352 g/mol. The molecule has 0 saturated carbocycles. The van der Waals surface area contributed by atoms with Gasteiger partial charge in [-0.1, -0.05) is 12.1 Å². The quantitative estimate of drug-likeness (QED) is 0.707. The van der Waals surface area contributed by atoms with Crippen molar-refractivity contribution in [2.45, 2.75) is 17.7 Å². The van der Waals surface area contributed by atoms with Gasteiger partial charge in [-0.25, -0.2) is 0 Å². The number of hydrogen-bond acceptors (Lipinski definition) is 4. The molecule has 20 heavy (non-hydrogen) atoms. The molecule has 0 bridgehead atoms. The predicted octanol–water partition coefficient (Wildman–Crippen LogP) is 3.20. The van der Waals surface area contributed by atoms with Crippen LogP contribution in [0.25, 0.3) is 0 Å². The maximum absolute atomic E-state index is 12.1. The van der Waals surface area contributed by atoms with E-state index in [-0.39, 0.29) is 18.7 Å². The minimum absolute atomic E-state index is 0.0451. The van der Waals surface area contributed by atoms with E-state index in [4.69, 9.17) is 10.5 Å².